The van der Waals surface area contributed by atoms with Crippen LogP contribution >= 0.6 is 0 Å². The highest BCUT2D eigenvalue weighted by atomic mass is 32.2. The van der Waals surface area contributed by atoms with Gasteiger partial charge in [0.2, 0.25) is 0 Å². The van der Waals surface area contributed by atoms with Gasteiger partial charge in [0.25, 0.3) is 0 Å². The number of rotatable bonds is 6. The third kappa shape index (κ3) is 4.53. The summed E-state index contributed by atoms with van der Waals surface area (Å²) in [6, 6.07) is 20.1. The Bertz CT molecular complexity index is 1340. The summed E-state index contributed by atoms with van der Waals surface area (Å²) in [5.41, 5.74) is 11.6. The Labute approximate surface area is 186 Å². The lowest BCUT2D eigenvalue weighted by Crippen LogP contribution is -1.99. The lowest BCUT2D eigenvalue weighted by Gasteiger charge is -2.11. The Balaban J connectivity index is 1.78. The van der Waals surface area contributed by atoms with Crippen molar-refractivity contribution in [3.8, 4) is 28.1 Å². The third-order valence-corrected chi connectivity index (χ3v) is 6.41. The van der Waals surface area contributed by atoms with E-state index in [4.69, 9.17) is 10.5 Å². The molecule has 0 aliphatic carbocycles. The number of aromatic nitrogens is 1. The molecule has 3 aromatic carbocycles. The van der Waals surface area contributed by atoms with Gasteiger partial charge in [0.05, 0.1) is 10.6 Å². The van der Waals surface area contributed by atoms with Crippen molar-refractivity contribution in [3.05, 3.63) is 89.9 Å². The first-order valence-electron chi connectivity index (χ1n) is 9.98. The van der Waals surface area contributed by atoms with Gasteiger partial charge >= 0.3 is 0 Å². The molecule has 5 nitrogen and oxygen atoms in total. The molecule has 4 aromatic rings. The second-order valence-electron chi connectivity index (χ2n) is 7.64. The number of hydrogen-bond donors (Lipinski definition) is 2. The molecule has 0 radical (unpaired) electrons. The van der Waals surface area contributed by atoms with E-state index in [2.05, 4.69) is 4.98 Å². The van der Waals surface area contributed by atoms with E-state index in [0.29, 0.717) is 18.0 Å². The number of nitrogens with two attached hydrogens (primary N) is 1. The number of aromatic amines is 1. The van der Waals surface area contributed by atoms with Crippen molar-refractivity contribution in [3.63, 3.8) is 0 Å². The fourth-order valence-electron chi connectivity index (χ4n) is 3.58. The summed E-state index contributed by atoms with van der Waals surface area (Å²) in [6.45, 7) is 2.24. The van der Waals surface area contributed by atoms with Gasteiger partial charge in [-0.25, -0.2) is 12.8 Å². The minimum absolute atomic E-state index is 0.250. The fourth-order valence-corrected chi connectivity index (χ4v) is 4.21. The lowest BCUT2D eigenvalue weighted by atomic mass is 9.97. The lowest BCUT2D eigenvalue weighted by molar-refractivity contribution is 0.306. The van der Waals surface area contributed by atoms with Crippen LogP contribution in [0.1, 0.15) is 11.3 Å². The summed E-state index contributed by atoms with van der Waals surface area (Å²) in [5, 5.41) is 0. The van der Waals surface area contributed by atoms with Gasteiger partial charge in [-0.2, -0.15) is 0 Å². The standard InChI is InChI=1S/C25H23FN2O3S/c1-16-23(15-31-21-11-9-20(27)10-12-21)24(17-3-7-19(26)8-4-17)25(28-16)18-5-13-22(14-6-18)32(2,29)30/h3-14,28H,15,27H2,1-2H3. The average Bonchev–Trinajstić information content (AvgIpc) is 3.09. The summed E-state index contributed by atoms with van der Waals surface area (Å²) in [7, 11) is -3.29. The van der Waals surface area contributed by atoms with E-state index in [9.17, 15) is 12.8 Å². The molecular weight excluding hydrogens is 427 g/mol. The molecule has 0 unspecified atom stereocenters. The van der Waals surface area contributed by atoms with Crippen LogP contribution in [0.3, 0.4) is 0 Å². The van der Waals surface area contributed by atoms with Gasteiger partial charge in [-0.3, -0.25) is 0 Å². The summed E-state index contributed by atoms with van der Waals surface area (Å²) in [4.78, 5) is 3.65. The first-order chi connectivity index (χ1) is 15.2. The molecule has 32 heavy (non-hydrogen) atoms. The highest BCUT2D eigenvalue weighted by Gasteiger charge is 2.19. The van der Waals surface area contributed by atoms with Gasteiger partial charge in [-0.05, 0) is 66.6 Å². The van der Waals surface area contributed by atoms with E-state index < -0.39 is 9.84 Å². The quantitative estimate of drug-likeness (QED) is 0.387. The zero-order chi connectivity index (χ0) is 22.9. The maximum Gasteiger partial charge on any atom is 0.175 e. The third-order valence-electron chi connectivity index (χ3n) is 5.28. The SMILES string of the molecule is Cc1[nH]c(-c2ccc(S(C)(=O)=O)cc2)c(-c2ccc(F)cc2)c1COc1ccc(N)cc1. The van der Waals surface area contributed by atoms with Gasteiger partial charge in [-0.1, -0.05) is 24.3 Å². The molecular formula is C25H23FN2O3S. The summed E-state index contributed by atoms with van der Waals surface area (Å²) in [6.07, 6.45) is 1.18. The molecule has 0 saturated carbocycles. The predicted octanol–water partition coefficient (Wildman–Crippen LogP) is 5.36. The second kappa shape index (κ2) is 8.51. The van der Waals surface area contributed by atoms with Crippen LogP contribution in [0, 0.1) is 12.7 Å². The number of halogens is 1. The smallest absolute Gasteiger partial charge is 0.175 e. The molecule has 0 aliphatic heterocycles. The van der Waals surface area contributed by atoms with Crippen LogP contribution in [0.4, 0.5) is 10.1 Å². The van der Waals surface area contributed by atoms with Crippen molar-refractivity contribution >= 4 is 15.5 Å². The molecule has 0 amide bonds. The number of hydrogen-bond acceptors (Lipinski definition) is 4. The van der Waals surface area contributed by atoms with Gasteiger partial charge in [0.1, 0.15) is 18.2 Å². The number of nitrogen functional groups attached to an aromatic ring is 1. The zero-order valence-corrected chi connectivity index (χ0v) is 18.5. The molecule has 0 aliphatic rings. The number of ether oxygens (including phenoxy) is 1. The van der Waals surface area contributed by atoms with Gasteiger partial charge in [-0.15, -0.1) is 0 Å². The largest absolute Gasteiger partial charge is 0.489 e. The molecule has 7 heteroatoms. The van der Waals surface area contributed by atoms with Crippen molar-refractivity contribution in [2.45, 2.75) is 18.4 Å². The summed E-state index contributed by atoms with van der Waals surface area (Å²) < 4.78 is 43.3. The van der Waals surface area contributed by atoms with Crippen LogP contribution in [-0.4, -0.2) is 19.7 Å². The maximum atomic E-state index is 13.6. The molecule has 0 saturated heterocycles. The normalized spacial score (nSPS) is 11.5. The van der Waals surface area contributed by atoms with E-state index in [1.807, 2.05) is 6.92 Å². The highest BCUT2D eigenvalue weighted by Crippen LogP contribution is 2.37. The Morgan fingerprint density at radius 1 is 0.906 bits per heavy atom. The fraction of sp³-hybridized carbons (Fsp3) is 0.120. The Morgan fingerprint density at radius 2 is 1.50 bits per heavy atom. The summed E-state index contributed by atoms with van der Waals surface area (Å²) >= 11 is 0. The number of aryl methyl sites for hydroxylation is 1. The molecule has 164 valence electrons. The Morgan fingerprint density at radius 3 is 2.09 bits per heavy atom. The van der Waals surface area contributed by atoms with E-state index in [1.54, 1.807) is 60.7 Å². The highest BCUT2D eigenvalue weighted by molar-refractivity contribution is 7.90. The number of benzene rings is 3. The topological polar surface area (TPSA) is 85.2 Å². The van der Waals surface area contributed by atoms with Gasteiger partial charge < -0.3 is 15.5 Å². The molecule has 0 bridgehead atoms. The number of anilines is 1. The summed E-state index contributed by atoms with van der Waals surface area (Å²) in [5.74, 6) is 0.364. The van der Waals surface area contributed by atoms with Crippen LogP contribution < -0.4 is 10.5 Å². The minimum Gasteiger partial charge on any atom is -0.489 e. The van der Waals surface area contributed by atoms with Gasteiger partial charge in [0, 0.05) is 28.8 Å². The molecule has 1 heterocycles. The van der Waals surface area contributed by atoms with Crippen LogP contribution in [0.2, 0.25) is 0 Å². The van der Waals surface area contributed by atoms with E-state index >= 15 is 0 Å². The molecule has 1 aromatic heterocycles. The van der Waals surface area contributed by atoms with Crippen LogP contribution in [-0.2, 0) is 16.4 Å². The van der Waals surface area contributed by atoms with E-state index in [-0.39, 0.29) is 10.7 Å². The number of H-pyrrole nitrogens is 1. The van der Waals surface area contributed by atoms with Crippen LogP contribution in [0.15, 0.2) is 77.7 Å². The second-order valence-corrected chi connectivity index (χ2v) is 9.66. The minimum atomic E-state index is -3.29. The van der Waals surface area contributed by atoms with Crippen LogP contribution in [0.5, 0.6) is 5.75 Å². The van der Waals surface area contributed by atoms with Gasteiger partial charge in [0.15, 0.2) is 9.84 Å². The predicted molar refractivity (Wildman–Crippen MR) is 125 cm³/mol. The van der Waals surface area contributed by atoms with Crippen molar-refractivity contribution in [1.29, 1.82) is 0 Å². The first kappa shape index (κ1) is 21.6. The van der Waals surface area contributed by atoms with Crippen molar-refractivity contribution in [1.82, 2.24) is 4.98 Å². The first-order valence-corrected chi connectivity index (χ1v) is 11.9. The van der Waals surface area contributed by atoms with Crippen molar-refractivity contribution in [2.24, 2.45) is 0 Å². The number of nitrogens with one attached hydrogen (secondary N) is 1. The number of sulfone groups is 1. The van der Waals surface area contributed by atoms with E-state index in [1.165, 1.54) is 18.4 Å². The van der Waals surface area contributed by atoms with Crippen molar-refractivity contribution < 1.29 is 17.5 Å². The molecule has 4 rings (SSSR count). The zero-order valence-electron chi connectivity index (χ0n) is 17.7. The molecule has 0 fully saturated rings. The monoisotopic (exact) mass is 450 g/mol. The Kier molecular flexibility index (Phi) is 5.76. The molecule has 0 atom stereocenters. The van der Waals surface area contributed by atoms with Crippen molar-refractivity contribution in [2.75, 3.05) is 12.0 Å². The average molecular weight is 451 g/mol. The Hall–Kier alpha value is -3.58. The maximum absolute atomic E-state index is 13.6. The van der Waals surface area contributed by atoms with E-state index in [0.717, 1.165) is 33.6 Å². The van der Waals surface area contributed by atoms with Crippen LogP contribution in [0.25, 0.3) is 22.4 Å². The molecule has 0 spiro atoms. The molecule has 3 N–H and O–H groups in total.